The van der Waals surface area contributed by atoms with Gasteiger partial charge in [0.25, 0.3) is 11.8 Å². The van der Waals surface area contributed by atoms with E-state index in [1.165, 1.54) is 11.6 Å². The van der Waals surface area contributed by atoms with Crippen LogP contribution in [0.2, 0.25) is 0 Å². The fourth-order valence-electron chi connectivity index (χ4n) is 9.16. The van der Waals surface area contributed by atoms with Gasteiger partial charge in [-0.15, -0.1) is 0 Å². The van der Waals surface area contributed by atoms with Crippen LogP contribution in [0.1, 0.15) is 55.9 Å². The van der Waals surface area contributed by atoms with Crippen LogP contribution in [0.15, 0.2) is 78.9 Å². The average molecular weight is 741 g/mol. The highest BCUT2D eigenvalue weighted by atomic mass is 19.1. The Kier molecular flexibility index (Phi) is 8.37. The summed E-state index contributed by atoms with van der Waals surface area (Å²) < 4.78 is 34.9. The molecule has 10 rings (SSSR count). The molecule has 5 aliphatic heterocycles. The first kappa shape index (κ1) is 33.9. The number of ether oxygens (including phenoxy) is 3. The highest BCUT2D eigenvalue weighted by Gasteiger charge is 2.37. The van der Waals surface area contributed by atoms with Gasteiger partial charge in [0.2, 0.25) is 6.79 Å². The quantitative estimate of drug-likeness (QED) is 0.212. The number of aromatic nitrogens is 1. The molecule has 5 aromatic rings. The first-order chi connectivity index (χ1) is 26.9. The van der Waals surface area contributed by atoms with Crippen molar-refractivity contribution in [2.24, 2.45) is 0 Å². The van der Waals surface area contributed by atoms with Crippen LogP contribution >= 0.6 is 0 Å². The summed E-state index contributed by atoms with van der Waals surface area (Å²) in [4.78, 5) is 36.1. The maximum atomic E-state index is 15.4. The number of phenols is 1. The zero-order valence-corrected chi connectivity index (χ0v) is 30.4. The molecular weight excluding hydrogens is 700 g/mol. The molecule has 2 amide bonds. The molecule has 55 heavy (non-hydrogen) atoms. The van der Waals surface area contributed by atoms with Gasteiger partial charge < -0.3 is 33.7 Å². The minimum Gasteiger partial charge on any atom is -0.508 e. The average Bonchev–Trinajstić information content (AvgIpc) is 3.84. The minimum absolute atomic E-state index is 0.0381. The zero-order chi connectivity index (χ0) is 37.2. The number of anilines is 1. The molecule has 1 N–H and O–H groups in total. The maximum Gasteiger partial charge on any atom is 0.260 e. The van der Waals surface area contributed by atoms with E-state index in [9.17, 15) is 9.90 Å². The summed E-state index contributed by atoms with van der Waals surface area (Å²) in [5, 5.41) is 10.4. The number of fused-ring (bicyclic) bond motifs is 6. The van der Waals surface area contributed by atoms with E-state index < -0.39 is 5.82 Å². The third-order valence-corrected chi connectivity index (χ3v) is 11.9. The molecule has 0 spiro atoms. The molecule has 1 fully saturated rings. The number of carbonyl (C=O) groups is 2. The van der Waals surface area contributed by atoms with Crippen LogP contribution in [0.4, 0.5) is 10.1 Å². The summed E-state index contributed by atoms with van der Waals surface area (Å²) >= 11 is 0. The monoisotopic (exact) mass is 740 g/mol. The van der Waals surface area contributed by atoms with E-state index in [4.69, 9.17) is 14.2 Å². The van der Waals surface area contributed by atoms with Crippen molar-refractivity contribution in [1.82, 2.24) is 14.4 Å². The van der Waals surface area contributed by atoms with Gasteiger partial charge in [-0.05, 0) is 84.8 Å². The van der Waals surface area contributed by atoms with E-state index >= 15 is 9.18 Å². The van der Waals surface area contributed by atoms with Crippen molar-refractivity contribution in [3.8, 4) is 39.6 Å². The van der Waals surface area contributed by atoms with E-state index in [-0.39, 0.29) is 36.9 Å². The molecule has 5 aliphatic rings. The third kappa shape index (κ3) is 5.84. The number of amides is 2. The molecule has 1 saturated heterocycles. The second-order valence-corrected chi connectivity index (χ2v) is 15.1. The zero-order valence-electron chi connectivity index (χ0n) is 30.4. The number of halogens is 1. The third-order valence-electron chi connectivity index (χ3n) is 11.9. The van der Waals surface area contributed by atoms with Crippen molar-refractivity contribution in [3.63, 3.8) is 0 Å². The molecule has 0 radical (unpaired) electrons. The molecule has 10 nitrogen and oxygen atoms in total. The number of nitrogens with zero attached hydrogens (tertiary/aromatic N) is 4. The predicted octanol–water partition coefficient (Wildman–Crippen LogP) is 6.79. The Balaban J connectivity index is 1.07. The molecule has 1 aromatic heterocycles. The van der Waals surface area contributed by atoms with Crippen molar-refractivity contribution in [3.05, 3.63) is 118 Å². The van der Waals surface area contributed by atoms with Crippen LogP contribution in [0, 0.1) is 5.82 Å². The van der Waals surface area contributed by atoms with Crippen LogP contribution in [-0.2, 0) is 37.2 Å². The number of rotatable bonds is 5. The number of hydrogen-bond donors (Lipinski definition) is 1. The van der Waals surface area contributed by atoms with Crippen LogP contribution < -0.4 is 14.4 Å². The number of benzene rings is 4. The van der Waals surface area contributed by atoms with Gasteiger partial charge in [-0.3, -0.25) is 14.5 Å². The van der Waals surface area contributed by atoms with Crippen molar-refractivity contribution in [2.75, 3.05) is 44.5 Å². The van der Waals surface area contributed by atoms with Crippen LogP contribution in [0.25, 0.3) is 22.4 Å². The van der Waals surface area contributed by atoms with Crippen LogP contribution in [-0.4, -0.2) is 77.0 Å². The maximum absolute atomic E-state index is 15.4. The number of aromatic hydroxyl groups is 1. The first-order valence-electron chi connectivity index (χ1n) is 19.2. The van der Waals surface area contributed by atoms with Gasteiger partial charge in [-0.25, -0.2) is 4.39 Å². The van der Waals surface area contributed by atoms with Gasteiger partial charge in [-0.1, -0.05) is 36.4 Å². The van der Waals surface area contributed by atoms with Crippen LogP contribution in [0.3, 0.4) is 0 Å². The van der Waals surface area contributed by atoms with Gasteiger partial charge in [-0.2, -0.15) is 0 Å². The van der Waals surface area contributed by atoms with Gasteiger partial charge in [0.1, 0.15) is 11.6 Å². The lowest BCUT2D eigenvalue weighted by molar-refractivity contribution is 0.0193. The summed E-state index contributed by atoms with van der Waals surface area (Å²) in [5.74, 6) is 0.346. The van der Waals surface area contributed by atoms with Crippen molar-refractivity contribution >= 4 is 17.5 Å². The highest BCUT2D eigenvalue weighted by molar-refractivity contribution is 6.11. The topological polar surface area (TPSA) is 96.7 Å². The lowest BCUT2D eigenvalue weighted by Gasteiger charge is -2.40. The number of morpholine rings is 1. The Morgan fingerprint density at radius 3 is 2.45 bits per heavy atom. The van der Waals surface area contributed by atoms with Gasteiger partial charge in [0.15, 0.2) is 11.5 Å². The van der Waals surface area contributed by atoms with E-state index in [2.05, 4.69) is 27.7 Å². The fourth-order valence-corrected chi connectivity index (χ4v) is 9.16. The first-order valence-corrected chi connectivity index (χ1v) is 19.2. The molecule has 0 bridgehead atoms. The SMILES string of the molecule is O=C(c1cc(-c2cc3c(cc2C(=O)N2Cc4ccccc4C[C@H]2CN2CCOCC2)OCO3)n2c1CCCC2)N1Cc2c(F)cccc2-c2cc(O)ccc21. The van der Waals surface area contributed by atoms with Crippen molar-refractivity contribution < 1.29 is 33.3 Å². The van der Waals surface area contributed by atoms with Crippen molar-refractivity contribution in [1.29, 1.82) is 0 Å². The molecule has 1 atom stereocenters. The molecule has 11 heteroatoms. The minimum atomic E-state index is -0.403. The molecule has 0 saturated carbocycles. The molecular formula is C44H41FN4O6. The lowest BCUT2D eigenvalue weighted by Crippen LogP contribution is -2.52. The van der Waals surface area contributed by atoms with Crippen LogP contribution in [0.5, 0.6) is 17.2 Å². The molecule has 6 heterocycles. The standard InChI is InChI=1S/C44H41FN4O6/c45-37-9-5-8-31-32-19-30(50)11-12-39(32)49(25-36(31)37)44(52)35-20-40(47-13-4-3-10-38(35)47)33-21-41-42(55-26-54-41)22-34(33)43(51)48-23-28-7-2-1-6-27(28)18-29(48)24-46-14-16-53-17-15-46/h1-2,5-9,11-12,19-22,29,50H,3-4,10,13-18,23-26H2/t29-/m0/s1. The fraction of sp³-hybridized carbons (Fsp3) is 0.318. The number of phenolic OH excluding ortho intramolecular Hbond substituents is 1. The molecule has 0 unspecified atom stereocenters. The van der Waals surface area contributed by atoms with Gasteiger partial charge in [0, 0.05) is 66.8 Å². The number of hydrogen-bond acceptors (Lipinski definition) is 7. The smallest absolute Gasteiger partial charge is 0.260 e. The normalized spacial score (nSPS) is 18.7. The lowest BCUT2D eigenvalue weighted by atomic mass is 9.91. The van der Waals surface area contributed by atoms with Crippen molar-refractivity contribution in [2.45, 2.75) is 51.4 Å². The second-order valence-electron chi connectivity index (χ2n) is 15.1. The Bertz CT molecular complexity index is 2370. The Hall–Kier alpha value is -5.65. The second kappa shape index (κ2) is 13.6. The number of carbonyl (C=O) groups excluding carboxylic acids is 2. The Morgan fingerprint density at radius 1 is 0.782 bits per heavy atom. The summed E-state index contributed by atoms with van der Waals surface area (Å²) in [6.07, 6.45) is 3.26. The van der Waals surface area contributed by atoms with E-state index in [0.29, 0.717) is 83.3 Å². The summed E-state index contributed by atoms with van der Waals surface area (Å²) in [6.45, 7) is 5.00. The molecule has 0 aliphatic carbocycles. The van der Waals surface area contributed by atoms with E-state index in [1.54, 1.807) is 29.2 Å². The summed E-state index contributed by atoms with van der Waals surface area (Å²) in [5.41, 5.74) is 8.00. The summed E-state index contributed by atoms with van der Waals surface area (Å²) in [6, 6.07) is 23.6. The van der Waals surface area contributed by atoms with Gasteiger partial charge >= 0.3 is 0 Å². The molecule has 280 valence electrons. The van der Waals surface area contributed by atoms with Gasteiger partial charge in [0.05, 0.1) is 36.6 Å². The predicted molar refractivity (Wildman–Crippen MR) is 204 cm³/mol. The Morgan fingerprint density at radius 2 is 1.60 bits per heavy atom. The molecule has 4 aromatic carbocycles. The largest absolute Gasteiger partial charge is 0.508 e. The summed E-state index contributed by atoms with van der Waals surface area (Å²) in [7, 11) is 0. The Labute approximate surface area is 318 Å². The highest BCUT2D eigenvalue weighted by Crippen LogP contribution is 2.45. The van der Waals surface area contributed by atoms with E-state index in [1.807, 2.05) is 35.2 Å². The van der Waals surface area contributed by atoms with E-state index in [0.717, 1.165) is 55.8 Å².